The van der Waals surface area contributed by atoms with Gasteiger partial charge in [0.15, 0.2) is 0 Å². The zero-order valence-electron chi connectivity index (χ0n) is 11.4. The highest BCUT2D eigenvalue weighted by Crippen LogP contribution is 2.25. The summed E-state index contributed by atoms with van der Waals surface area (Å²) < 4.78 is 6.37. The van der Waals surface area contributed by atoms with Crippen molar-refractivity contribution in [3.63, 3.8) is 0 Å². The van der Waals surface area contributed by atoms with Crippen molar-refractivity contribution >= 4 is 21.6 Å². The van der Waals surface area contributed by atoms with Gasteiger partial charge in [-0.2, -0.15) is 0 Å². The second kappa shape index (κ2) is 6.11. The maximum absolute atomic E-state index is 5.27. The first-order valence-electron chi connectivity index (χ1n) is 6.27. The van der Waals surface area contributed by atoms with Gasteiger partial charge in [-0.3, -0.25) is 0 Å². The van der Waals surface area contributed by atoms with Gasteiger partial charge in [-0.05, 0) is 55.3 Å². The van der Waals surface area contributed by atoms with Gasteiger partial charge in [0.25, 0.3) is 0 Å². The van der Waals surface area contributed by atoms with E-state index in [1.807, 2.05) is 25.1 Å². The number of benzene rings is 2. The molecule has 0 aliphatic rings. The van der Waals surface area contributed by atoms with Crippen molar-refractivity contribution in [3.05, 3.63) is 58.1 Å². The lowest BCUT2D eigenvalue weighted by atomic mass is 10.1. The fourth-order valence-electron chi connectivity index (χ4n) is 2.08. The summed E-state index contributed by atoms with van der Waals surface area (Å²) in [6, 6.07) is 14.7. The highest BCUT2D eigenvalue weighted by Gasteiger charge is 2.07. The Morgan fingerprint density at radius 1 is 1.16 bits per heavy atom. The average molecular weight is 320 g/mol. The second-order valence-corrected chi connectivity index (χ2v) is 5.52. The molecule has 2 aromatic carbocycles. The van der Waals surface area contributed by atoms with Crippen molar-refractivity contribution in [2.45, 2.75) is 19.9 Å². The first kappa shape index (κ1) is 13.9. The van der Waals surface area contributed by atoms with Gasteiger partial charge < -0.3 is 10.1 Å². The summed E-state index contributed by atoms with van der Waals surface area (Å²) in [6.07, 6.45) is 0. The molecule has 19 heavy (non-hydrogen) atoms. The van der Waals surface area contributed by atoms with Crippen LogP contribution in [-0.4, -0.2) is 7.11 Å². The molecule has 0 bridgehead atoms. The molecule has 1 unspecified atom stereocenters. The molecule has 0 heterocycles. The summed E-state index contributed by atoms with van der Waals surface area (Å²) in [5, 5.41) is 3.50. The SMILES string of the molecule is COc1ccc(NC(C)c2cccc(Br)c2)cc1C. The number of ether oxygens (including phenoxy) is 1. The van der Waals surface area contributed by atoms with Crippen LogP contribution in [0.15, 0.2) is 46.9 Å². The largest absolute Gasteiger partial charge is 0.496 e. The Morgan fingerprint density at radius 3 is 2.58 bits per heavy atom. The van der Waals surface area contributed by atoms with Gasteiger partial charge in [-0.25, -0.2) is 0 Å². The minimum Gasteiger partial charge on any atom is -0.496 e. The monoisotopic (exact) mass is 319 g/mol. The van der Waals surface area contributed by atoms with Gasteiger partial charge in [0.2, 0.25) is 0 Å². The maximum Gasteiger partial charge on any atom is 0.121 e. The summed E-state index contributed by atoms with van der Waals surface area (Å²) >= 11 is 3.50. The smallest absolute Gasteiger partial charge is 0.121 e. The topological polar surface area (TPSA) is 21.3 Å². The van der Waals surface area contributed by atoms with E-state index in [-0.39, 0.29) is 6.04 Å². The summed E-state index contributed by atoms with van der Waals surface area (Å²) in [6.45, 7) is 4.20. The van der Waals surface area contributed by atoms with Crippen molar-refractivity contribution in [2.24, 2.45) is 0 Å². The molecule has 0 amide bonds. The van der Waals surface area contributed by atoms with Gasteiger partial charge in [0.05, 0.1) is 7.11 Å². The zero-order chi connectivity index (χ0) is 13.8. The Bertz CT molecular complexity index is 568. The minimum atomic E-state index is 0.255. The number of nitrogens with one attached hydrogen (secondary N) is 1. The fourth-order valence-corrected chi connectivity index (χ4v) is 2.49. The van der Waals surface area contributed by atoms with Crippen LogP contribution in [0.2, 0.25) is 0 Å². The van der Waals surface area contributed by atoms with E-state index in [1.54, 1.807) is 7.11 Å². The number of anilines is 1. The molecule has 2 nitrogen and oxygen atoms in total. The molecule has 0 saturated heterocycles. The van der Waals surface area contributed by atoms with Gasteiger partial charge in [0.1, 0.15) is 5.75 Å². The van der Waals surface area contributed by atoms with Gasteiger partial charge in [0, 0.05) is 16.2 Å². The van der Waals surface area contributed by atoms with E-state index in [1.165, 1.54) is 5.56 Å². The first-order chi connectivity index (χ1) is 9.10. The van der Waals surface area contributed by atoms with Crippen LogP contribution < -0.4 is 10.1 Å². The lowest BCUT2D eigenvalue weighted by Crippen LogP contribution is -2.06. The Labute approximate surface area is 122 Å². The number of aryl methyl sites for hydroxylation is 1. The Balaban J connectivity index is 2.14. The van der Waals surface area contributed by atoms with E-state index in [0.717, 1.165) is 21.5 Å². The fraction of sp³-hybridized carbons (Fsp3) is 0.250. The molecule has 0 aromatic heterocycles. The standard InChI is InChI=1S/C16H18BrNO/c1-11-9-15(7-8-16(11)19-3)18-12(2)13-5-4-6-14(17)10-13/h4-10,12,18H,1-3H3. The van der Waals surface area contributed by atoms with Crippen LogP contribution in [0, 0.1) is 6.92 Å². The van der Waals surface area contributed by atoms with Crippen LogP contribution in [0.1, 0.15) is 24.1 Å². The van der Waals surface area contributed by atoms with Gasteiger partial charge in [-0.15, -0.1) is 0 Å². The molecule has 3 heteroatoms. The van der Waals surface area contributed by atoms with E-state index in [2.05, 4.69) is 52.4 Å². The Morgan fingerprint density at radius 2 is 1.95 bits per heavy atom. The quantitative estimate of drug-likeness (QED) is 0.861. The third-order valence-corrected chi connectivity index (χ3v) is 3.62. The maximum atomic E-state index is 5.27. The Kier molecular flexibility index (Phi) is 4.48. The van der Waals surface area contributed by atoms with Crippen molar-refractivity contribution in [1.82, 2.24) is 0 Å². The summed E-state index contributed by atoms with van der Waals surface area (Å²) in [7, 11) is 1.69. The molecular formula is C16H18BrNO. The van der Waals surface area contributed by atoms with Crippen molar-refractivity contribution < 1.29 is 4.74 Å². The van der Waals surface area contributed by atoms with E-state index < -0.39 is 0 Å². The molecule has 1 atom stereocenters. The molecule has 1 N–H and O–H groups in total. The summed E-state index contributed by atoms with van der Waals surface area (Å²) in [4.78, 5) is 0. The zero-order valence-corrected chi connectivity index (χ0v) is 13.0. The number of hydrogen-bond acceptors (Lipinski definition) is 2. The predicted octanol–water partition coefficient (Wildman–Crippen LogP) is 4.94. The summed E-state index contributed by atoms with van der Waals surface area (Å²) in [5.74, 6) is 0.917. The Hall–Kier alpha value is -1.48. The minimum absolute atomic E-state index is 0.255. The van der Waals surface area contributed by atoms with Crippen molar-refractivity contribution in [3.8, 4) is 5.75 Å². The van der Waals surface area contributed by atoms with Gasteiger partial charge >= 0.3 is 0 Å². The first-order valence-corrected chi connectivity index (χ1v) is 7.06. The highest BCUT2D eigenvalue weighted by atomic mass is 79.9. The van der Waals surface area contributed by atoms with Crippen LogP contribution in [0.5, 0.6) is 5.75 Å². The average Bonchev–Trinajstić information content (AvgIpc) is 2.39. The van der Waals surface area contributed by atoms with E-state index in [9.17, 15) is 0 Å². The van der Waals surface area contributed by atoms with E-state index >= 15 is 0 Å². The van der Waals surface area contributed by atoms with Gasteiger partial charge in [-0.1, -0.05) is 28.1 Å². The van der Waals surface area contributed by atoms with Crippen molar-refractivity contribution in [1.29, 1.82) is 0 Å². The molecule has 100 valence electrons. The molecule has 0 spiro atoms. The molecule has 0 aliphatic heterocycles. The third-order valence-electron chi connectivity index (χ3n) is 3.13. The normalized spacial score (nSPS) is 12.0. The number of hydrogen-bond donors (Lipinski definition) is 1. The molecule has 0 fully saturated rings. The molecule has 2 aromatic rings. The van der Waals surface area contributed by atoms with Crippen molar-refractivity contribution in [2.75, 3.05) is 12.4 Å². The van der Waals surface area contributed by atoms with Crippen LogP contribution in [0.25, 0.3) is 0 Å². The molecule has 0 radical (unpaired) electrons. The number of methoxy groups -OCH3 is 1. The van der Waals surface area contributed by atoms with Crippen LogP contribution in [-0.2, 0) is 0 Å². The molecule has 0 saturated carbocycles. The van der Waals surface area contributed by atoms with E-state index in [0.29, 0.717) is 0 Å². The van der Waals surface area contributed by atoms with Crippen LogP contribution in [0.3, 0.4) is 0 Å². The molecular weight excluding hydrogens is 302 g/mol. The van der Waals surface area contributed by atoms with Crippen LogP contribution in [0.4, 0.5) is 5.69 Å². The lowest BCUT2D eigenvalue weighted by Gasteiger charge is -2.17. The third kappa shape index (κ3) is 3.51. The highest BCUT2D eigenvalue weighted by molar-refractivity contribution is 9.10. The number of halogens is 1. The summed E-state index contributed by atoms with van der Waals surface area (Å²) in [5.41, 5.74) is 3.49. The van der Waals surface area contributed by atoms with Crippen LogP contribution >= 0.6 is 15.9 Å². The predicted molar refractivity (Wildman–Crippen MR) is 83.9 cm³/mol. The molecule has 2 rings (SSSR count). The lowest BCUT2D eigenvalue weighted by molar-refractivity contribution is 0.412. The second-order valence-electron chi connectivity index (χ2n) is 4.61. The van der Waals surface area contributed by atoms with E-state index in [4.69, 9.17) is 4.74 Å². The number of rotatable bonds is 4. The molecule has 0 aliphatic carbocycles.